The third kappa shape index (κ3) is 3.46. The van der Waals surface area contributed by atoms with E-state index in [1.165, 1.54) is 4.90 Å². The molecule has 27 heavy (non-hydrogen) atoms. The van der Waals surface area contributed by atoms with Gasteiger partial charge < -0.3 is 9.80 Å². The quantitative estimate of drug-likeness (QED) is 0.587. The number of nitrogens with zero attached hydrogens (tertiary/aromatic N) is 3. The zero-order valence-corrected chi connectivity index (χ0v) is 15.8. The van der Waals surface area contributed by atoms with Crippen LogP contribution in [0.15, 0.2) is 36.4 Å². The Morgan fingerprint density at radius 2 is 1.63 bits per heavy atom. The van der Waals surface area contributed by atoms with Gasteiger partial charge in [-0.05, 0) is 31.0 Å². The van der Waals surface area contributed by atoms with Gasteiger partial charge in [0.2, 0.25) is 17.7 Å². The number of carbonyl (C=O) groups is 3. The van der Waals surface area contributed by atoms with E-state index >= 15 is 0 Å². The van der Waals surface area contributed by atoms with Crippen LogP contribution in [0.1, 0.15) is 12.8 Å². The van der Waals surface area contributed by atoms with Crippen LogP contribution in [-0.4, -0.2) is 60.2 Å². The highest BCUT2D eigenvalue weighted by molar-refractivity contribution is 6.30. The van der Waals surface area contributed by atoms with E-state index in [1.54, 1.807) is 4.90 Å². The van der Waals surface area contributed by atoms with Crippen molar-refractivity contribution in [1.82, 2.24) is 9.80 Å². The summed E-state index contributed by atoms with van der Waals surface area (Å²) in [6, 6.07) is 7.66. The fourth-order valence-corrected chi connectivity index (χ4v) is 4.33. The lowest BCUT2D eigenvalue weighted by atomic mass is 9.85. The monoisotopic (exact) mass is 387 g/mol. The Morgan fingerprint density at radius 1 is 1.00 bits per heavy atom. The van der Waals surface area contributed by atoms with E-state index in [9.17, 15) is 14.4 Å². The topological polar surface area (TPSA) is 60.9 Å². The molecule has 6 nitrogen and oxygen atoms in total. The van der Waals surface area contributed by atoms with Crippen molar-refractivity contribution in [3.05, 3.63) is 41.4 Å². The van der Waals surface area contributed by atoms with Gasteiger partial charge in [0, 0.05) is 36.9 Å². The molecule has 7 heteroatoms. The van der Waals surface area contributed by atoms with E-state index in [2.05, 4.69) is 4.90 Å². The molecule has 2 fully saturated rings. The Hall–Kier alpha value is -2.34. The molecule has 2 saturated heterocycles. The molecule has 2 atom stereocenters. The summed E-state index contributed by atoms with van der Waals surface area (Å²) >= 11 is 6.05. The first-order chi connectivity index (χ1) is 13.0. The van der Waals surface area contributed by atoms with Crippen molar-refractivity contribution < 1.29 is 14.4 Å². The number of hydrogen-bond donors (Lipinski definition) is 0. The summed E-state index contributed by atoms with van der Waals surface area (Å²) in [6.45, 7) is 2.39. The van der Waals surface area contributed by atoms with Gasteiger partial charge in [-0.1, -0.05) is 29.8 Å². The van der Waals surface area contributed by atoms with E-state index in [-0.39, 0.29) is 36.1 Å². The van der Waals surface area contributed by atoms with Crippen LogP contribution in [0.5, 0.6) is 0 Å². The molecule has 1 aromatic carbocycles. The summed E-state index contributed by atoms with van der Waals surface area (Å²) in [4.78, 5) is 42.8. The number of fused-ring (bicyclic) bond motifs is 1. The van der Waals surface area contributed by atoms with Crippen LogP contribution in [0.25, 0.3) is 0 Å². The zero-order chi connectivity index (χ0) is 19.0. The number of hydrogen-bond acceptors (Lipinski definition) is 4. The number of halogens is 1. The van der Waals surface area contributed by atoms with Gasteiger partial charge in [0.15, 0.2) is 0 Å². The van der Waals surface area contributed by atoms with E-state index in [0.717, 1.165) is 5.69 Å². The first-order valence-corrected chi connectivity index (χ1v) is 9.71. The molecule has 0 bridgehead atoms. The maximum atomic E-state index is 12.7. The summed E-state index contributed by atoms with van der Waals surface area (Å²) in [7, 11) is 0. The molecule has 3 aliphatic rings. The average Bonchev–Trinajstić information content (AvgIpc) is 2.93. The van der Waals surface area contributed by atoms with Crippen LogP contribution in [0.4, 0.5) is 5.69 Å². The minimum atomic E-state index is -0.282. The number of rotatable bonds is 3. The van der Waals surface area contributed by atoms with E-state index in [4.69, 9.17) is 11.6 Å². The standard InChI is InChI=1S/C20H22ClN3O3/c21-14-4-3-5-15(12-14)22-8-10-23(11-9-22)18(25)13-24-19(26)16-6-1-2-7-17(16)20(24)27/h1-5,12,16-17H,6-11,13H2/t16-,17-/m1/s1. The van der Waals surface area contributed by atoms with Gasteiger partial charge in [0.1, 0.15) is 6.54 Å². The van der Waals surface area contributed by atoms with Gasteiger partial charge in [0.25, 0.3) is 0 Å². The van der Waals surface area contributed by atoms with E-state index < -0.39 is 0 Å². The minimum Gasteiger partial charge on any atom is -0.368 e. The molecule has 0 aromatic heterocycles. The van der Waals surface area contributed by atoms with Gasteiger partial charge in [-0.25, -0.2) is 0 Å². The van der Waals surface area contributed by atoms with Crippen molar-refractivity contribution in [2.75, 3.05) is 37.6 Å². The number of amides is 3. The number of carbonyl (C=O) groups excluding carboxylic acids is 3. The highest BCUT2D eigenvalue weighted by Gasteiger charge is 2.47. The zero-order valence-electron chi connectivity index (χ0n) is 15.0. The summed E-state index contributed by atoms with van der Waals surface area (Å²) < 4.78 is 0. The first kappa shape index (κ1) is 18.0. The smallest absolute Gasteiger partial charge is 0.242 e. The second-order valence-electron chi connectivity index (χ2n) is 7.27. The van der Waals surface area contributed by atoms with Crippen molar-refractivity contribution in [3.63, 3.8) is 0 Å². The van der Waals surface area contributed by atoms with E-state index in [1.807, 2.05) is 36.4 Å². The summed E-state index contributed by atoms with van der Waals surface area (Å²) in [5, 5.41) is 0.688. The van der Waals surface area contributed by atoms with Crippen LogP contribution >= 0.6 is 11.6 Å². The third-order valence-electron chi connectivity index (χ3n) is 5.70. The van der Waals surface area contributed by atoms with Crippen molar-refractivity contribution in [2.24, 2.45) is 11.8 Å². The molecule has 0 unspecified atom stereocenters. The van der Waals surface area contributed by atoms with Gasteiger partial charge in [-0.3, -0.25) is 19.3 Å². The van der Waals surface area contributed by atoms with Crippen LogP contribution in [0.2, 0.25) is 5.02 Å². The molecule has 2 aliphatic heterocycles. The van der Waals surface area contributed by atoms with E-state index in [0.29, 0.717) is 44.0 Å². The number of piperazine rings is 1. The Labute approximate surface area is 163 Å². The van der Waals surface area contributed by atoms with Gasteiger partial charge in [-0.2, -0.15) is 0 Å². The van der Waals surface area contributed by atoms with Crippen molar-refractivity contribution in [2.45, 2.75) is 12.8 Å². The average molecular weight is 388 g/mol. The number of benzene rings is 1. The molecule has 3 amide bonds. The molecule has 1 aromatic rings. The van der Waals surface area contributed by atoms with Gasteiger partial charge >= 0.3 is 0 Å². The fraction of sp³-hybridized carbons (Fsp3) is 0.450. The predicted octanol–water partition coefficient (Wildman–Crippen LogP) is 1.94. The SMILES string of the molecule is O=C(CN1C(=O)[C@@H]2CC=CC[C@H]2C1=O)N1CCN(c2cccc(Cl)c2)CC1. The van der Waals surface area contributed by atoms with Crippen LogP contribution in [0, 0.1) is 11.8 Å². The van der Waals surface area contributed by atoms with Crippen molar-refractivity contribution >= 4 is 35.0 Å². The van der Waals surface area contributed by atoms with Crippen LogP contribution < -0.4 is 4.90 Å². The second-order valence-corrected chi connectivity index (χ2v) is 7.70. The largest absolute Gasteiger partial charge is 0.368 e. The molecule has 0 N–H and O–H groups in total. The lowest BCUT2D eigenvalue weighted by Gasteiger charge is -2.36. The van der Waals surface area contributed by atoms with Crippen LogP contribution in [-0.2, 0) is 14.4 Å². The molecule has 1 aliphatic carbocycles. The summed E-state index contributed by atoms with van der Waals surface area (Å²) in [5.74, 6) is -1.11. The van der Waals surface area contributed by atoms with Gasteiger partial charge in [0.05, 0.1) is 11.8 Å². The van der Waals surface area contributed by atoms with Gasteiger partial charge in [-0.15, -0.1) is 0 Å². The maximum absolute atomic E-state index is 12.7. The molecular weight excluding hydrogens is 366 g/mol. The Morgan fingerprint density at radius 3 is 2.22 bits per heavy atom. The number of likely N-dealkylation sites (tertiary alicyclic amines) is 1. The summed E-state index contributed by atoms with van der Waals surface area (Å²) in [5.41, 5.74) is 1.04. The number of allylic oxidation sites excluding steroid dienone is 2. The lowest BCUT2D eigenvalue weighted by Crippen LogP contribution is -2.52. The molecule has 0 saturated carbocycles. The molecule has 2 heterocycles. The Kier molecular flexibility index (Phi) is 4.91. The molecule has 0 spiro atoms. The molecule has 142 valence electrons. The highest BCUT2D eigenvalue weighted by Crippen LogP contribution is 2.35. The third-order valence-corrected chi connectivity index (χ3v) is 5.93. The first-order valence-electron chi connectivity index (χ1n) is 9.33. The summed E-state index contributed by atoms with van der Waals surface area (Å²) in [6.07, 6.45) is 5.09. The lowest BCUT2D eigenvalue weighted by molar-refractivity contribution is -0.146. The number of anilines is 1. The molecule has 0 radical (unpaired) electrons. The molecular formula is C20H22ClN3O3. The highest BCUT2D eigenvalue weighted by atomic mass is 35.5. The van der Waals surface area contributed by atoms with Crippen molar-refractivity contribution in [1.29, 1.82) is 0 Å². The normalized spacial score (nSPS) is 25.1. The van der Waals surface area contributed by atoms with Crippen LogP contribution in [0.3, 0.4) is 0 Å². The van der Waals surface area contributed by atoms with Crippen molar-refractivity contribution in [3.8, 4) is 0 Å². The fourth-order valence-electron chi connectivity index (χ4n) is 4.15. The number of imide groups is 1. The molecule has 4 rings (SSSR count). The Bertz CT molecular complexity index is 775. The predicted molar refractivity (Wildman–Crippen MR) is 102 cm³/mol. The Balaban J connectivity index is 1.35. The second kappa shape index (κ2) is 7.35. The maximum Gasteiger partial charge on any atom is 0.242 e. The minimum absolute atomic E-state index is 0.137.